The lowest BCUT2D eigenvalue weighted by molar-refractivity contribution is 0.621. The van der Waals surface area contributed by atoms with Gasteiger partial charge in [-0.05, 0) is 69.1 Å². The molecule has 0 spiro atoms. The average Bonchev–Trinajstić information content (AvgIpc) is 2.43. The van der Waals surface area contributed by atoms with E-state index in [-0.39, 0.29) is 5.82 Å². The van der Waals surface area contributed by atoms with Crippen LogP contribution < -0.4 is 5.32 Å². The summed E-state index contributed by atoms with van der Waals surface area (Å²) in [5.41, 5.74) is 1.81. The first kappa shape index (κ1) is 16.6. The molecule has 0 amide bonds. The third kappa shape index (κ3) is 3.91. The Bertz CT molecular complexity index is 662. The second-order valence-corrected chi connectivity index (χ2v) is 7.07. The van der Waals surface area contributed by atoms with Crippen LogP contribution in [0.4, 0.5) is 10.2 Å². The van der Waals surface area contributed by atoms with Crippen molar-refractivity contribution in [2.24, 2.45) is 5.92 Å². The molecule has 0 saturated heterocycles. The lowest BCUT2D eigenvalue weighted by Gasteiger charge is -2.13. The van der Waals surface area contributed by atoms with E-state index in [1.165, 1.54) is 6.07 Å². The first-order valence-electron chi connectivity index (χ1n) is 6.62. The molecule has 0 aliphatic carbocycles. The fraction of sp³-hybridized carbons (Fsp3) is 0.333. The first-order chi connectivity index (χ1) is 9.92. The molecule has 112 valence electrons. The van der Waals surface area contributed by atoms with Gasteiger partial charge in [-0.3, -0.25) is 0 Å². The molecule has 1 aromatic heterocycles. The average molecular weight is 464 g/mol. The van der Waals surface area contributed by atoms with Crippen LogP contribution in [0.25, 0.3) is 11.4 Å². The van der Waals surface area contributed by atoms with Crippen molar-refractivity contribution < 1.29 is 4.39 Å². The van der Waals surface area contributed by atoms with Gasteiger partial charge in [-0.1, -0.05) is 13.8 Å². The lowest BCUT2D eigenvalue weighted by Crippen LogP contribution is -2.08. The van der Waals surface area contributed by atoms with Gasteiger partial charge in [-0.2, -0.15) is 0 Å². The molecule has 6 heteroatoms. The second-order valence-electron chi connectivity index (χ2n) is 5.13. The summed E-state index contributed by atoms with van der Waals surface area (Å²) in [4.78, 5) is 9.19. The van der Waals surface area contributed by atoms with Crippen LogP contribution in [0.2, 0.25) is 0 Å². The summed E-state index contributed by atoms with van der Waals surface area (Å²) in [5.74, 6) is 1.62. The third-order valence-corrected chi connectivity index (χ3v) is 4.68. The zero-order valence-electron chi connectivity index (χ0n) is 12.0. The van der Waals surface area contributed by atoms with E-state index < -0.39 is 0 Å². The zero-order valence-corrected chi connectivity index (χ0v) is 15.8. The van der Waals surface area contributed by atoms with Crippen LogP contribution in [0.15, 0.2) is 22.7 Å². The molecule has 0 saturated carbocycles. The minimum Gasteiger partial charge on any atom is -0.372 e. The van der Waals surface area contributed by atoms with Gasteiger partial charge in [0.2, 0.25) is 0 Å². The van der Waals surface area contributed by atoms with Crippen molar-refractivity contribution >= 4 is 44.3 Å². The van der Waals surface area contributed by atoms with Gasteiger partial charge in [0.15, 0.2) is 5.82 Å². The number of rotatable bonds is 4. The Morgan fingerprint density at radius 3 is 2.62 bits per heavy atom. The molecule has 1 heterocycles. The molecule has 0 atom stereocenters. The fourth-order valence-corrected chi connectivity index (χ4v) is 3.06. The number of hydrogen-bond acceptors (Lipinski definition) is 3. The lowest BCUT2D eigenvalue weighted by atomic mass is 10.1. The van der Waals surface area contributed by atoms with Crippen molar-refractivity contribution in [3.05, 3.63) is 37.8 Å². The number of nitrogens with one attached hydrogen (secondary N) is 1. The largest absolute Gasteiger partial charge is 0.372 e. The summed E-state index contributed by atoms with van der Waals surface area (Å²) in [6, 6.07) is 4.82. The van der Waals surface area contributed by atoms with Gasteiger partial charge in [0.05, 0.1) is 13.7 Å². The van der Waals surface area contributed by atoms with E-state index in [0.29, 0.717) is 16.2 Å². The molecule has 1 aromatic carbocycles. The van der Waals surface area contributed by atoms with Crippen LogP contribution in [0.5, 0.6) is 0 Å². The maximum Gasteiger partial charge on any atom is 0.161 e. The quantitative estimate of drug-likeness (QED) is 0.656. The van der Waals surface area contributed by atoms with Crippen LogP contribution >= 0.6 is 38.5 Å². The molecule has 1 N–H and O–H groups in total. The number of anilines is 1. The molecule has 21 heavy (non-hydrogen) atoms. The third-order valence-electron chi connectivity index (χ3n) is 2.94. The molecule has 0 aliphatic heterocycles. The van der Waals surface area contributed by atoms with Crippen LogP contribution in [-0.2, 0) is 6.42 Å². The Labute approximate surface area is 146 Å². The Morgan fingerprint density at radius 1 is 1.33 bits per heavy atom. The molecule has 0 fully saturated rings. The molecule has 0 radical (unpaired) electrons. The molecule has 0 bridgehead atoms. The number of halogens is 3. The maximum absolute atomic E-state index is 13.4. The van der Waals surface area contributed by atoms with Crippen molar-refractivity contribution in [1.82, 2.24) is 9.97 Å². The minimum atomic E-state index is -0.291. The fourth-order valence-electron chi connectivity index (χ4n) is 1.95. The summed E-state index contributed by atoms with van der Waals surface area (Å²) in [6.45, 7) is 4.32. The van der Waals surface area contributed by atoms with Crippen LogP contribution in [0.3, 0.4) is 0 Å². The Morgan fingerprint density at radius 2 is 2.05 bits per heavy atom. The zero-order chi connectivity index (χ0) is 15.6. The molecular weight excluding hydrogens is 448 g/mol. The molecular formula is C15H16BrFIN3. The van der Waals surface area contributed by atoms with Gasteiger partial charge in [0.1, 0.15) is 11.6 Å². The van der Waals surface area contributed by atoms with E-state index in [9.17, 15) is 4.39 Å². The topological polar surface area (TPSA) is 37.8 Å². The van der Waals surface area contributed by atoms with Crippen LogP contribution in [-0.4, -0.2) is 17.0 Å². The van der Waals surface area contributed by atoms with E-state index in [1.54, 1.807) is 12.1 Å². The molecule has 2 rings (SSSR count). The molecule has 3 nitrogen and oxygen atoms in total. The van der Waals surface area contributed by atoms with E-state index >= 15 is 0 Å². The van der Waals surface area contributed by atoms with E-state index in [1.807, 2.05) is 7.05 Å². The van der Waals surface area contributed by atoms with Gasteiger partial charge in [0.25, 0.3) is 0 Å². The number of benzene rings is 1. The van der Waals surface area contributed by atoms with Gasteiger partial charge in [-0.25, -0.2) is 14.4 Å². The van der Waals surface area contributed by atoms with Crippen LogP contribution in [0, 0.1) is 15.3 Å². The Hall–Kier alpha value is -0.760. The van der Waals surface area contributed by atoms with Gasteiger partial charge >= 0.3 is 0 Å². The highest BCUT2D eigenvalue weighted by molar-refractivity contribution is 14.1. The summed E-state index contributed by atoms with van der Waals surface area (Å²) in [6.07, 6.45) is 0.880. The second kappa shape index (κ2) is 7.00. The van der Waals surface area contributed by atoms with Crippen molar-refractivity contribution in [1.29, 1.82) is 0 Å². The standard InChI is InChI=1S/C15H16BrFIN3/c1-8(2)6-12-13(18)15(19-3)21-14(20-12)9-4-5-11(17)10(16)7-9/h4-5,7-8H,6H2,1-3H3,(H,19,20,21). The monoisotopic (exact) mass is 463 g/mol. The van der Waals surface area contributed by atoms with E-state index in [0.717, 1.165) is 27.1 Å². The highest BCUT2D eigenvalue weighted by atomic mass is 127. The minimum absolute atomic E-state index is 0.291. The highest BCUT2D eigenvalue weighted by Gasteiger charge is 2.14. The van der Waals surface area contributed by atoms with E-state index in [4.69, 9.17) is 0 Å². The normalized spacial score (nSPS) is 11.0. The molecule has 0 aliphatic rings. The summed E-state index contributed by atoms with van der Waals surface area (Å²) >= 11 is 5.47. The van der Waals surface area contributed by atoms with Gasteiger partial charge in [0, 0.05) is 12.6 Å². The SMILES string of the molecule is CNc1nc(-c2ccc(F)c(Br)c2)nc(CC(C)C)c1I. The Balaban J connectivity index is 2.54. The first-order valence-corrected chi connectivity index (χ1v) is 8.49. The number of aromatic nitrogens is 2. The van der Waals surface area contributed by atoms with Crippen molar-refractivity contribution in [3.63, 3.8) is 0 Å². The van der Waals surface area contributed by atoms with Gasteiger partial charge < -0.3 is 5.32 Å². The predicted molar refractivity (Wildman–Crippen MR) is 95.9 cm³/mol. The summed E-state index contributed by atoms with van der Waals surface area (Å²) in [7, 11) is 1.84. The number of nitrogens with zero attached hydrogens (tertiary/aromatic N) is 2. The summed E-state index contributed by atoms with van der Waals surface area (Å²) < 4.78 is 14.8. The van der Waals surface area contributed by atoms with Crippen LogP contribution in [0.1, 0.15) is 19.5 Å². The van der Waals surface area contributed by atoms with Crippen molar-refractivity contribution in [2.45, 2.75) is 20.3 Å². The smallest absolute Gasteiger partial charge is 0.161 e. The van der Waals surface area contributed by atoms with Crippen molar-refractivity contribution in [3.8, 4) is 11.4 Å². The highest BCUT2D eigenvalue weighted by Crippen LogP contribution is 2.27. The number of hydrogen-bond donors (Lipinski definition) is 1. The van der Waals surface area contributed by atoms with Gasteiger partial charge in [-0.15, -0.1) is 0 Å². The maximum atomic E-state index is 13.4. The molecule has 2 aromatic rings. The molecule has 0 unspecified atom stereocenters. The Kier molecular flexibility index (Phi) is 5.54. The summed E-state index contributed by atoms with van der Waals surface area (Å²) in [5, 5.41) is 3.10. The van der Waals surface area contributed by atoms with Crippen molar-refractivity contribution in [2.75, 3.05) is 12.4 Å². The predicted octanol–water partition coefficient (Wildman–Crippen LogP) is 4.89. The van der Waals surface area contributed by atoms with E-state index in [2.05, 4.69) is 67.7 Å².